The molecule has 0 amide bonds. The Balaban J connectivity index is 1.54. The van der Waals surface area contributed by atoms with Gasteiger partial charge in [0.1, 0.15) is 12.4 Å². The predicted octanol–water partition coefficient (Wildman–Crippen LogP) is 5.27. The third-order valence-corrected chi connectivity index (χ3v) is 5.92. The van der Waals surface area contributed by atoms with Gasteiger partial charge in [-0.2, -0.15) is 0 Å². The van der Waals surface area contributed by atoms with Gasteiger partial charge in [0.05, 0.1) is 21.8 Å². The third kappa shape index (κ3) is 4.50. The molecular formula is C22H17ClN2O3S. The van der Waals surface area contributed by atoms with Crippen molar-refractivity contribution in [3.63, 3.8) is 0 Å². The average Bonchev–Trinajstić information content (AvgIpc) is 2.73. The van der Waals surface area contributed by atoms with Crippen LogP contribution in [0.4, 0.5) is 5.69 Å². The minimum absolute atomic E-state index is 0.118. The fourth-order valence-corrected chi connectivity index (χ4v) is 4.03. The number of fused-ring (bicyclic) bond motifs is 1. The van der Waals surface area contributed by atoms with Crippen molar-refractivity contribution in [3.8, 4) is 5.75 Å². The molecule has 0 aliphatic carbocycles. The van der Waals surface area contributed by atoms with E-state index in [-0.39, 0.29) is 11.5 Å². The van der Waals surface area contributed by atoms with Crippen molar-refractivity contribution >= 4 is 38.2 Å². The Kier molecular flexibility index (Phi) is 5.38. The highest BCUT2D eigenvalue weighted by atomic mass is 35.5. The summed E-state index contributed by atoms with van der Waals surface area (Å²) in [6.45, 7) is 0.213. The molecule has 146 valence electrons. The van der Waals surface area contributed by atoms with Crippen molar-refractivity contribution < 1.29 is 13.2 Å². The number of halogens is 1. The maximum Gasteiger partial charge on any atom is 0.262 e. The van der Waals surface area contributed by atoms with Crippen LogP contribution in [0.15, 0.2) is 89.8 Å². The molecule has 0 saturated heterocycles. The van der Waals surface area contributed by atoms with Crippen LogP contribution >= 0.6 is 11.6 Å². The predicted molar refractivity (Wildman–Crippen MR) is 115 cm³/mol. The lowest BCUT2D eigenvalue weighted by molar-refractivity contribution is 0.303. The normalized spacial score (nSPS) is 11.3. The van der Waals surface area contributed by atoms with Gasteiger partial charge in [0.25, 0.3) is 10.0 Å². The largest absolute Gasteiger partial charge is 0.485 e. The van der Waals surface area contributed by atoms with Crippen LogP contribution in [0.5, 0.6) is 5.75 Å². The van der Waals surface area contributed by atoms with Crippen molar-refractivity contribution in [1.29, 1.82) is 0 Å². The van der Waals surface area contributed by atoms with Crippen molar-refractivity contribution in [2.45, 2.75) is 11.5 Å². The summed E-state index contributed by atoms with van der Waals surface area (Å²) in [4.78, 5) is 4.69. The SMILES string of the molecule is O=S(=O)(Nc1ccccc1OCc1ccc2ccccc2n1)c1ccc(Cl)cc1. The fraction of sp³-hybridized carbons (Fsp3) is 0.0455. The van der Waals surface area contributed by atoms with Gasteiger partial charge in [0, 0.05) is 10.4 Å². The van der Waals surface area contributed by atoms with Gasteiger partial charge >= 0.3 is 0 Å². The number of hydrogen-bond acceptors (Lipinski definition) is 4. The van der Waals surface area contributed by atoms with Gasteiger partial charge < -0.3 is 4.74 Å². The Labute approximate surface area is 174 Å². The number of pyridine rings is 1. The maximum absolute atomic E-state index is 12.7. The molecule has 7 heteroatoms. The standard InChI is InChI=1S/C22H17ClN2O3S/c23-17-10-13-19(14-11-17)29(26,27)25-21-7-3-4-8-22(21)28-15-18-12-9-16-5-1-2-6-20(16)24-18/h1-14,25H,15H2. The van der Waals surface area contributed by atoms with E-state index in [1.807, 2.05) is 36.4 Å². The summed E-state index contributed by atoms with van der Waals surface area (Å²) in [5, 5.41) is 1.52. The molecule has 1 N–H and O–H groups in total. The van der Waals surface area contributed by atoms with Gasteiger partial charge in [0.2, 0.25) is 0 Å². The lowest BCUT2D eigenvalue weighted by atomic mass is 10.2. The van der Waals surface area contributed by atoms with Crippen molar-refractivity contribution in [3.05, 3.63) is 95.6 Å². The number of nitrogens with one attached hydrogen (secondary N) is 1. The minimum atomic E-state index is -3.77. The third-order valence-electron chi connectivity index (χ3n) is 4.29. The van der Waals surface area contributed by atoms with Crippen molar-refractivity contribution in [1.82, 2.24) is 4.98 Å². The highest BCUT2D eigenvalue weighted by Crippen LogP contribution is 2.28. The first-order valence-corrected chi connectivity index (χ1v) is 10.7. The summed E-state index contributed by atoms with van der Waals surface area (Å²) in [6.07, 6.45) is 0. The summed E-state index contributed by atoms with van der Waals surface area (Å²) in [5.74, 6) is 0.417. The van der Waals surface area contributed by atoms with Crippen LogP contribution < -0.4 is 9.46 Å². The zero-order valence-electron chi connectivity index (χ0n) is 15.2. The monoisotopic (exact) mass is 424 g/mol. The van der Waals surface area contributed by atoms with Crippen LogP contribution in [0, 0.1) is 0 Å². The number of anilines is 1. The summed E-state index contributed by atoms with van der Waals surface area (Å²) in [6, 6.07) is 24.5. The van der Waals surface area contributed by atoms with Crippen LogP contribution in [0.25, 0.3) is 10.9 Å². The van der Waals surface area contributed by atoms with Crippen LogP contribution in [-0.2, 0) is 16.6 Å². The van der Waals surface area contributed by atoms with Gasteiger partial charge in [-0.25, -0.2) is 13.4 Å². The molecule has 3 aromatic carbocycles. The summed E-state index contributed by atoms with van der Waals surface area (Å²) in [7, 11) is -3.77. The Morgan fingerprint density at radius 3 is 2.41 bits per heavy atom. The highest BCUT2D eigenvalue weighted by Gasteiger charge is 2.16. The number of aromatic nitrogens is 1. The minimum Gasteiger partial charge on any atom is -0.485 e. The Morgan fingerprint density at radius 1 is 0.862 bits per heavy atom. The Bertz CT molecular complexity index is 1260. The zero-order chi connectivity index (χ0) is 20.3. The quantitative estimate of drug-likeness (QED) is 0.458. The molecule has 0 unspecified atom stereocenters. The van der Waals surface area contributed by atoms with Crippen LogP contribution in [0.2, 0.25) is 5.02 Å². The topological polar surface area (TPSA) is 68.3 Å². The van der Waals surface area contributed by atoms with Crippen LogP contribution in [0.3, 0.4) is 0 Å². The summed E-state index contributed by atoms with van der Waals surface area (Å²) >= 11 is 5.84. The molecule has 1 aromatic heterocycles. The molecule has 4 rings (SSSR count). The number of rotatable bonds is 6. The molecule has 0 aliphatic rings. The van der Waals surface area contributed by atoms with E-state index < -0.39 is 10.0 Å². The molecule has 0 radical (unpaired) electrons. The smallest absolute Gasteiger partial charge is 0.262 e. The first kappa shape index (κ1) is 19.2. The van der Waals surface area contributed by atoms with E-state index in [4.69, 9.17) is 16.3 Å². The second-order valence-electron chi connectivity index (χ2n) is 6.34. The number of nitrogens with zero attached hydrogens (tertiary/aromatic N) is 1. The van der Waals surface area contributed by atoms with E-state index in [0.717, 1.165) is 16.6 Å². The molecule has 29 heavy (non-hydrogen) atoms. The molecule has 4 aromatic rings. The lowest BCUT2D eigenvalue weighted by Gasteiger charge is -2.14. The number of benzene rings is 3. The first-order valence-electron chi connectivity index (χ1n) is 8.86. The summed E-state index contributed by atoms with van der Waals surface area (Å²) < 4.78 is 33.8. The van der Waals surface area contributed by atoms with Gasteiger partial charge in [-0.05, 0) is 48.5 Å². The second kappa shape index (κ2) is 8.11. The number of para-hydroxylation sites is 3. The number of sulfonamides is 1. The van der Waals surface area contributed by atoms with Gasteiger partial charge in [-0.15, -0.1) is 0 Å². The lowest BCUT2D eigenvalue weighted by Crippen LogP contribution is -2.13. The molecule has 0 bridgehead atoms. The Hall–Kier alpha value is -3.09. The van der Waals surface area contributed by atoms with E-state index in [2.05, 4.69) is 9.71 Å². The molecular weight excluding hydrogens is 408 g/mol. The maximum atomic E-state index is 12.7. The highest BCUT2D eigenvalue weighted by molar-refractivity contribution is 7.92. The molecule has 5 nitrogen and oxygen atoms in total. The number of ether oxygens (including phenoxy) is 1. The second-order valence-corrected chi connectivity index (χ2v) is 8.46. The summed E-state index contributed by atoms with van der Waals surface area (Å²) in [5.41, 5.74) is 1.98. The molecule has 0 aliphatic heterocycles. The fourth-order valence-electron chi connectivity index (χ4n) is 2.83. The van der Waals surface area contributed by atoms with Crippen molar-refractivity contribution in [2.24, 2.45) is 0 Å². The molecule has 0 fully saturated rings. The first-order chi connectivity index (χ1) is 14.0. The van der Waals surface area contributed by atoms with E-state index >= 15 is 0 Å². The van der Waals surface area contributed by atoms with E-state index in [1.54, 1.807) is 24.3 Å². The van der Waals surface area contributed by atoms with Gasteiger partial charge in [0.15, 0.2) is 0 Å². The van der Waals surface area contributed by atoms with Crippen LogP contribution in [0.1, 0.15) is 5.69 Å². The average molecular weight is 425 g/mol. The molecule has 0 saturated carbocycles. The Morgan fingerprint density at radius 2 is 1.59 bits per heavy atom. The van der Waals surface area contributed by atoms with Gasteiger partial charge in [-0.3, -0.25) is 4.72 Å². The molecule has 0 spiro atoms. The van der Waals surface area contributed by atoms with Crippen LogP contribution in [-0.4, -0.2) is 13.4 Å². The van der Waals surface area contributed by atoms with Gasteiger partial charge in [-0.1, -0.05) is 48.0 Å². The van der Waals surface area contributed by atoms with E-state index in [0.29, 0.717) is 16.5 Å². The number of hydrogen-bond donors (Lipinski definition) is 1. The van der Waals surface area contributed by atoms with E-state index in [1.165, 1.54) is 24.3 Å². The zero-order valence-corrected chi connectivity index (χ0v) is 16.8. The van der Waals surface area contributed by atoms with Crippen molar-refractivity contribution in [2.75, 3.05) is 4.72 Å². The molecule has 1 heterocycles. The molecule has 0 atom stereocenters. The van der Waals surface area contributed by atoms with E-state index in [9.17, 15) is 8.42 Å².